The summed E-state index contributed by atoms with van der Waals surface area (Å²) in [6.07, 6.45) is 0. The lowest BCUT2D eigenvalue weighted by Gasteiger charge is -2.14. The van der Waals surface area contributed by atoms with E-state index < -0.39 is 0 Å². The van der Waals surface area contributed by atoms with Crippen LogP contribution in [0.4, 0.5) is 4.39 Å². The quantitative estimate of drug-likeness (QED) is 0.829. The first-order chi connectivity index (χ1) is 7.13. The van der Waals surface area contributed by atoms with Crippen molar-refractivity contribution in [1.29, 1.82) is 0 Å². The highest BCUT2D eigenvalue weighted by molar-refractivity contribution is 6.25. The van der Waals surface area contributed by atoms with Crippen molar-refractivity contribution in [1.82, 2.24) is 5.32 Å². The van der Waals surface area contributed by atoms with Crippen LogP contribution in [-0.4, -0.2) is 6.54 Å². The van der Waals surface area contributed by atoms with Crippen LogP contribution in [0.3, 0.4) is 0 Å². The summed E-state index contributed by atoms with van der Waals surface area (Å²) in [5, 5.41) is 3.26. The molecular weight excluding hydrogens is 213 g/mol. The van der Waals surface area contributed by atoms with Crippen LogP contribution >= 0.6 is 11.6 Å². The fourth-order valence-corrected chi connectivity index (χ4v) is 1.32. The zero-order valence-corrected chi connectivity index (χ0v) is 9.68. The Kier molecular flexibility index (Phi) is 4.79. The molecule has 0 radical (unpaired) electrons. The van der Waals surface area contributed by atoms with Gasteiger partial charge in [0.05, 0.1) is 0 Å². The average Bonchev–Trinajstić information content (AvgIpc) is 2.25. The Balaban J connectivity index is 2.57. The molecule has 0 aliphatic rings. The molecule has 0 saturated heterocycles. The minimum Gasteiger partial charge on any atom is -0.306 e. The van der Waals surface area contributed by atoms with Crippen molar-refractivity contribution < 1.29 is 4.39 Å². The SMILES string of the molecule is C/C(=C\Cl)CNC(C)c1cccc(F)c1. The number of hydrogen-bond donors (Lipinski definition) is 1. The van der Waals surface area contributed by atoms with E-state index in [1.165, 1.54) is 12.1 Å². The maximum atomic E-state index is 12.9. The minimum absolute atomic E-state index is 0.118. The topological polar surface area (TPSA) is 12.0 Å². The van der Waals surface area contributed by atoms with Crippen molar-refractivity contribution in [3.63, 3.8) is 0 Å². The van der Waals surface area contributed by atoms with Crippen molar-refractivity contribution in [2.75, 3.05) is 6.54 Å². The number of benzene rings is 1. The predicted octanol–water partition coefficient (Wildman–Crippen LogP) is 3.62. The van der Waals surface area contributed by atoms with E-state index in [0.29, 0.717) is 6.54 Å². The Morgan fingerprint density at radius 3 is 2.93 bits per heavy atom. The number of rotatable bonds is 4. The van der Waals surface area contributed by atoms with Gasteiger partial charge in [-0.15, -0.1) is 0 Å². The molecule has 0 aromatic heterocycles. The largest absolute Gasteiger partial charge is 0.306 e. The lowest BCUT2D eigenvalue weighted by atomic mass is 10.1. The van der Waals surface area contributed by atoms with Crippen LogP contribution in [0.15, 0.2) is 35.4 Å². The molecule has 0 aliphatic carbocycles. The highest BCUT2D eigenvalue weighted by atomic mass is 35.5. The lowest BCUT2D eigenvalue weighted by molar-refractivity contribution is 0.589. The van der Waals surface area contributed by atoms with Crippen molar-refractivity contribution in [2.24, 2.45) is 0 Å². The summed E-state index contributed by atoms with van der Waals surface area (Å²) in [5.41, 5.74) is 3.54. The van der Waals surface area contributed by atoms with Gasteiger partial charge in [0, 0.05) is 18.1 Å². The Hall–Kier alpha value is -0.860. The van der Waals surface area contributed by atoms with Gasteiger partial charge in [-0.1, -0.05) is 23.7 Å². The number of halogens is 2. The summed E-state index contributed by atoms with van der Waals surface area (Å²) < 4.78 is 12.9. The van der Waals surface area contributed by atoms with Crippen molar-refractivity contribution in [2.45, 2.75) is 19.9 Å². The molecule has 1 aromatic rings. The van der Waals surface area contributed by atoms with Crippen LogP contribution in [0, 0.1) is 5.82 Å². The maximum Gasteiger partial charge on any atom is 0.123 e. The molecule has 1 nitrogen and oxygen atoms in total. The molecule has 1 unspecified atom stereocenters. The summed E-state index contributed by atoms with van der Waals surface area (Å²) in [6, 6.07) is 6.72. The minimum atomic E-state index is -0.203. The molecular formula is C12H15ClFN. The summed E-state index contributed by atoms with van der Waals surface area (Å²) in [5.74, 6) is -0.203. The van der Waals surface area contributed by atoms with E-state index >= 15 is 0 Å². The summed E-state index contributed by atoms with van der Waals surface area (Å²) in [6.45, 7) is 4.65. The van der Waals surface area contributed by atoms with Gasteiger partial charge in [-0.3, -0.25) is 0 Å². The lowest BCUT2D eigenvalue weighted by Crippen LogP contribution is -2.20. The standard InChI is InChI=1S/C12H15ClFN/c1-9(7-13)8-15-10(2)11-4-3-5-12(14)6-11/h3-7,10,15H,8H2,1-2H3/b9-7+. The van der Waals surface area contributed by atoms with Gasteiger partial charge < -0.3 is 5.32 Å². The summed E-state index contributed by atoms with van der Waals surface area (Å²) >= 11 is 5.54. The molecule has 15 heavy (non-hydrogen) atoms. The van der Waals surface area contributed by atoms with Gasteiger partial charge in [0.1, 0.15) is 5.82 Å². The summed E-state index contributed by atoms with van der Waals surface area (Å²) in [7, 11) is 0. The van der Waals surface area contributed by atoms with Gasteiger partial charge in [-0.2, -0.15) is 0 Å². The second-order valence-electron chi connectivity index (χ2n) is 3.61. The molecule has 1 aromatic carbocycles. The van der Waals surface area contributed by atoms with Gasteiger partial charge >= 0.3 is 0 Å². The van der Waals surface area contributed by atoms with E-state index in [1.54, 1.807) is 11.6 Å². The van der Waals surface area contributed by atoms with Crippen molar-refractivity contribution in [3.8, 4) is 0 Å². The third kappa shape index (κ3) is 4.02. The molecule has 0 aliphatic heterocycles. The predicted molar refractivity (Wildman–Crippen MR) is 62.4 cm³/mol. The molecule has 0 fully saturated rings. The molecule has 0 saturated carbocycles. The molecule has 0 amide bonds. The smallest absolute Gasteiger partial charge is 0.123 e. The molecule has 82 valence electrons. The molecule has 0 bridgehead atoms. The van der Waals surface area contributed by atoms with Gasteiger partial charge in [0.2, 0.25) is 0 Å². The van der Waals surface area contributed by atoms with Gasteiger partial charge in [0.15, 0.2) is 0 Å². The van der Waals surface area contributed by atoms with Crippen molar-refractivity contribution >= 4 is 11.6 Å². The average molecular weight is 228 g/mol. The van der Waals surface area contributed by atoms with Crippen LogP contribution in [0.25, 0.3) is 0 Å². The van der Waals surface area contributed by atoms with Crippen LogP contribution in [-0.2, 0) is 0 Å². The van der Waals surface area contributed by atoms with E-state index in [2.05, 4.69) is 5.32 Å². The first kappa shape index (κ1) is 12.2. The normalized spacial score (nSPS) is 14.0. The fraction of sp³-hybridized carbons (Fsp3) is 0.333. The number of hydrogen-bond acceptors (Lipinski definition) is 1. The highest BCUT2D eigenvalue weighted by Crippen LogP contribution is 2.13. The maximum absolute atomic E-state index is 12.9. The van der Waals surface area contributed by atoms with E-state index in [1.807, 2.05) is 19.9 Å². The third-order valence-electron chi connectivity index (χ3n) is 2.22. The van der Waals surface area contributed by atoms with Crippen LogP contribution in [0.2, 0.25) is 0 Å². The van der Waals surface area contributed by atoms with Gasteiger partial charge in [0.25, 0.3) is 0 Å². The zero-order chi connectivity index (χ0) is 11.3. The molecule has 3 heteroatoms. The molecule has 1 atom stereocenters. The zero-order valence-electron chi connectivity index (χ0n) is 8.93. The second-order valence-corrected chi connectivity index (χ2v) is 3.83. The first-order valence-electron chi connectivity index (χ1n) is 4.88. The van der Waals surface area contributed by atoms with Crippen LogP contribution in [0.5, 0.6) is 0 Å². The Bertz CT molecular complexity index is 349. The Morgan fingerprint density at radius 1 is 1.60 bits per heavy atom. The number of nitrogens with one attached hydrogen (secondary N) is 1. The molecule has 1 N–H and O–H groups in total. The van der Waals surface area contributed by atoms with Crippen molar-refractivity contribution in [3.05, 3.63) is 46.8 Å². The second kappa shape index (κ2) is 5.89. The third-order valence-corrected chi connectivity index (χ3v) is 2.59. The monoisotopic (exact) mass is 227 g/mol. The first-order valence-corrected chi connectivity index (χ1v) is 5.32. The van der Waals surface area contributed by atoms with E-state index in [4.69, 9.17) is 11.6 Å². The fourth-order valence-electron chi connectivity index (χ4n) is 1.25. The van der Waals surface area contributed by atoms with Gasteiger partial charge in [-0.05, 0) is 37.1 Å². The van der Waals surface area contributed by atoms with E-state index in [0.717, 1.165) is 11.1 Å². The summed E-state index contributed by atoms with van der Waals surface area (Å²) in [4.78, 5) is 0. The molecule has 0 heterocycles. The van der Waals surface area contributed by atoms with Crippen LogP contribution < -0.4 is 5.32 Å². The molecule has 1 rings (SSSR count). The Labute approximate surface area is 95.0 Å². The van der Waals surface area contributed by atoms with Gasteiger partial charge in [-0.25, -0.2) is 4.39 Å². The van der Waals surface area contributed by atoms with E-state index in [-0.39, 0.29) is 11.9 Å². The van der Waals surface area contributed by atoms with Crippen LogP contribution in [0.1, 0.15) is 25.5 Å². The highest BCUT2D eigenvalue weighted by Gasteiger charge is 2.04. The Morgan fingerprint density at radius 2 is 2.33 bits per heavy atom. The van der Waals surface area contributed by atoms with E-state index in [9.17, 15) is 4.39 Å². The molecule has 0 spiro atoms.